The minimum absolute atomic E-state index is 0.141. The van der Waals surface area contributed by atoms with Gasteiger partial charge in [0.1, 0.15) is 0 Å². The van der Waals surface area contributed by atoms with Gasteiger partial charge < -0.3 is 15.5 Å². The molecule has 2 unspecified atom stereocenters. The number of carbonyl (C=O) groups is 1. The Balaban J connectivity index is 1.81. The van der Waals surface area contributed by atoms with Crippen LogP contribution in [0, 0.1) is 5.92 Å². The highest BCUT2D eigenvalue weighted by molar-refractivity contribution is 5.74. The lowest BCUT2D eigenvalue weighted by atomic mass is 10.1. The summed E-state index contributed by atoms with van der Waals surface area (Å²) in [6.45, 7) is 5.99. The van der Waals surface area contributed by atoms with Gasteiger partial charge in [0.05, 0.1) is 0 Å². The van der Waals surface area contributed by atoms with Gasteiger partial charge in [-0.2, -0.15) is 0 Å². The Labute approximate surface area is 97.8 Å². The van der Waals surface area contributed by atoms with Crippen molar-refractivity contribution >= 4 is 6.03 Å². The Morgan fingerprint density at radius 1 is 1.19 bits per heavy atom. The number of likely N-dealkylation sites (tertiary alicyclic amines) is 1. The van der Waals surface area contributed by atoms with Crippen LogP contribution in [0.2, 0.25) is 0 Å². The Morgan fingerprint density at radius 3 is 2.44 bits per heavy atom. The summed E-state index contributed by atoms with van der Waals surface area (Å²) in [5, 5.41) is 6.46. The van der Waals surface area contributed by atoms with E-state index in [1.54, 1.807) is 0 Å². The number of nitrogens with zero attached hydrogens (tertiary/aromatic N) is 1. The summed E-state index contributed by atoms with van der Waals surface area (Å²) in [4.78, 5) is 14.0. The van der Waals surface area contributed by atoms with Gasteiger partial charge in [0.15, 0.2) is 0 Å². The first-order valence-electron chi connectivity index (χ1n) is 6.53. The van der Waals surface area contributed by atoms with E-state index in [1.807, 2.05) is 4.90 Å². The van der Waals surface area contributed by atoms with E-state index in [0.717, 1.165) is 39.0 Å². The Morgan fingerprint density at radius 2 is 1.88 bits per heavy atom. The Hall–Kier alpha value is -0.770. The zero-order valence-corrected chi connectivity index (χ0v) is 10.2. The largest absolute Gasteiger partial charge is 0.334 e. The van der Waals surface area contributed by atoms with Gasteiger partial charge in [0, 0.05) is 25.7 Å². The van der Waals surface area contributed by atoms with E-state index < -0.39 is 0 Å². The number of rotatable bonds is 1. The molecule has 2 N–H and O–H groups in total. The smallest absolute Gasteiger partial charge is 0.317 e. The lowest BCUT2D eigenvalue weighted by Gasteiger charge is -2.24. The lowest BCUT2D eigenvalue weighted by molar-refractivity contribution is 0.194. The monoisotopic (exact) mass is 225 g/mol. The van der Waals surface area contributed by atoms with Crippen molar-refractivity contribution in [2.75, 3.05) is 26.2 Å². The minimum atomic E-state index is 0.141. The number of amides is 2. The molecular weight excluding hydrogens is 202 g/mol. The molecule has 92 valence electrons. The molecule has 2 fully saturated rings. The second kappa shape index (κ2) is 5.53. The highest BCUT2D eigenvalue weighted by Gasteiger charge is 2.26. The van der Waals surface area contributed by atoms with Crippen LogP contribution in [0.15, 0.2) is 0 Å². The van der Waals surface area contributed by atoms with Crippen molar-refractivity contribution in [3.63, 3.8) is 0 Å². The van der Waals surface area contributed by atoms with E-state index in [-0.39, 0.29) is 6.03 Å². The molecule has 2 heterocycles. The molecule has 0 saturated carbocycles. The fourth-order valence-electron chi connectivity index (χ4n) is 2.53. The number of hydrogen-bond donors (Lipinski definition) is 2. The van der Waals surface area contributed by atoms with Gasteiger partial charge in [-0.15, -0.1) is 0 Å². The van der Waals surface area contributed by atoms with E-state index in [1.165, 1.54) is 12.8 Å². The predicted octanol–water partition coefficient (Wildman–Crippen LogP) is 1.18. The summed E-state index contributed by atoms with van der Waals surface area (Å²) in [6, 6.07) is 0.457. The normalized spacial score (nSPS) is 31.2. The summed E-state index contributed by atoms with van der Waals surface area (Å²) < 4.78 is 0. The van der Waals surface area contributed by atoms with Crippen LogP contribution in [0.1, 0.15) is 32.6 Å². The number of nitrogens with one attached hydrogen (secondary N) is 2. The van der Waals surface area contributed by atoms with Gasteiger partial charge >= 0.3 is 6.03 Å². The fourth-order valence-corrected chi connectivity index (χ4v) is 2.53. The summed E-state index contributed by atoms with van der Waals surface area (Å²) >= 11 is 0. The van der Waals surface area contributed by atoms with Crippen molar-refractivity contribution in [3.8, 4) is 0 Å². The molecule has 4 nitrogen and oxygen atoms in total. The van der Waals surface area contributed by atoms with E-state index in [0.29, 0.717) is 12.0 Å². The highest BCUT2D eigenvalue weighted by atomic mass is 16.2. The van der Waals surface area contributed by atoms with E-state index in [4.69, 9.17) is 0 Å². The third kappa shape index (κ3) is 2.88. The maximum absolute atomic E-state index is 12.0. The molecule has 2 aliphatic heterocycles. The molecule has 0 spiro atoms. The van der Waals surface area contributed by atoms with Crippen molar-refractivity contribution in [2.45, 2.75) is 38.6 Å². The predicted molar refractivity (Wildman–Crippen MR) is 64.4 cm³/mol. The molecule has 0 bridgehead atoms. The lowest BCUT2D eigenvalue weighted by Crippen LogP contribution is -2.47. The number of carbonyl (C=O) groups excluding carboxylic acids is 1. The van der Waals surface area contributed by atoms with Crippen LogP contribution in [0.4, 0.5) is 4.79 Å². The second-order valence-corrected chi connectivity index (χ2v) is 5.09. The first-order valence-corrected chi connectivity index (χ1v) is 6.53. The SMILES string of the molecule is CC1CNCC1NC(=O)N1CCCCCC1. The average molecular weight is 225 g/mol. The summed E-state index contributed by atoms with van der Waals surface area (Å²) in [6.07, 6.45) is 4.86. The molecule has 2 aliphatic rings. The molecule has 2 saturated heterocycles. The average Bonchev–Trinajstić information content (AvgIpc) is 2.57. The summed E-state index contributed by atoms with van der Waals surface area (Å²) in [5.41, 5.74) is 0. The number of urea groups is 1. The van der Waals surface area contributed by atoms with Gasteiger partial charge in [0.25, 0.3) is 0 Å². The molecule has 16 heavy (non-hydrogen) atoms. The van der Waals surface area contributed by atoms with Crippen LogP contribution in [0.3, 0.4) is 0 Å². The van der Waals surface area contributed by atoms with Crippen molar-refractivity contribution < 1.29 is 4.79 Å². The van der Waals surface area contributed by atoms with Crippen molar-refractivity contribution in [1.29, 1.82) is 0 Å². The van der Waals surface area contributed by atoms with Crippen LogP contribution >= 0.6 is 0 Å². The molecule has 4 heteroatoms. The zero-order chi connectivity index (χ0) is 11.4. The van der Waals surface area contributed by atoms with E-state index in [2.05, 4.69) is 17.6 Å². The minimum Gasteiger partial charge on any atom is -0.334 e. The Kier molecular flexibility index (Phi) is 4.04. The van der Waals surface area contributed by atoms with Crippen LogP contribution in [-0.4, -0.2) is 43.2 Å². The molecule has 2 amide bonds. The number of hydrogen-bond acceptors (Lipinski definition) is 2. The Bertz CT molecular complexity index is 236. The van der Waals surface area contributed by atoms with Crippen LogP contribution in [-0.2, 0) is 0 Å². The summed E-state index contributed by atoms with van der Waals surface area (Å²) in [7, 11) is 0. The van der Waals surface area contributed by atoms with Gasteiger partial charge in [-0.05, 0) is 25.3 Å². The molecule has 2 atom stereocenters. The first kappa shape index (κ1) is 11.7. The molecular formula is C12H23N3O. The molecule has 0 aliphatic carbocycles. The quantitative estimate of drug-likeness (QED) is 0.704. The maximum atomic E-state index is 12.0. The van der Waals surface area contributed by atoms with Gasteiger partial charge in [-0.1, -0.05) is 19.8 Å². The van der Waals surface area contributed by atoms with Crippen LogP contribution in [0.5, 0.6) is 0 Å². The first-order chi connectivity index (χ1) is 7.77. The molecule has 2 rings (SSSR count). The highest BCUT2D eigenvalue weighted by Crippen LogP contribution is 2.12. The molecule has 0 aromatic carbocycles. The molecule has 0 radical (unpaired) electrons. The maximum Gasteiger partial charge on any atom is 0.317 e. The topological polar surface area (TPSA) is 44.4 Å². The van der Waals surface area contributed by atoms with Crippen molar-refractivity contribution in [2.24, 2.45) is 5.92 Å². The van der Waals surface area contributed by atoms with Crippen LogP contribution < -0.4 is 10.6 Å². The third-order valence-corrected chi connectivity index (χ3v) is 3.72. The van der Waals surface area contributed by atoms with Crippen molar-refractivity contribution in [3.05, 3.63) is 0 Å². The second-order valence-electron chi connectivity index (χ2n) is 5.09. The van der Waals surface area contributed by atoms with E-state index in [9.17, 15) is 4.79 Å². The third-order valence-electron chi connectivity index (χ3n) is 3.72. The van der Waals surface area contributed by atoms with E-state index >= 15 is 0 Å². The van der Waals surface area contributed by atoms with Crippen molar-refractivity contribution in [1.82, 2.24) is 15.5 Å². The van der Waals surface area contributed by atoms with Gasteiger partial charge in [-0.3, -0.25) is 0 Å². The van der Waals surface area contributed by atoms with Gasteiger partial charge in [0.2, 0.25) is 0 Å². The van der Waals surface area contributed by atoms with Gasteiger partial charge in [-0.25, -0.2) is 4.79 Å². The van der Waals surface area contributed by atoms with Crippen LogP contribution in [0.25, 0.3) is 0 Å². The molecule has 0 aromatic heterocycles. The fraction of sp³-hybridized carbons (Fsp3) is 0.917. The molecule has 0 aromatic rings. The standard InChI is InChI=1S/C12H23N3O/c1-10-8-13-9-11(10)14-12(16)15-6-4-2-3-5-7-15/h10-11,13H,2-9H2,1H3,(H,14,16). The zero-order valence-electron chi connectivity index (χ0n) is 10.2. The summed E-state index contributed by atoms with van der Waals surface area (Å²) in [5.74, 6) is 0.552.